The second kappa shape index (κ2) is 13.2. The summed E-state index contributed by atoms with van der Waals surface area (Å²) in [5, 5.41) is 2.83. The fourth-order valence-electron chi connectivity index (χ4n) is 6.33. The van der Waals surface area contributed by atoms with Gasteiger partial charge >= 0.3 is 12.1 Å². The Morgan fingerprint density at radius 2 is 1.77 bits per heavy atom. The van der Waals surface area contributed by atoms with E-state index < -0.39 is 29.9 Å². The van der Waals surface area contributed by atoms with Crippen molar-refractivity contribution in [3.63, 3.8) is 0 Å². The molecule has 2 saturated heterocycles. The quantitative estimate of drug-likeness (QED) is 0.280. The highest BCUT2D eigenvalue weighted by atomic mass is 19.4. The van der Waals surface area contributed by atoms with Crippen LogP contribution in [0.5, 0.6) is 5.75 Å². The van der Waals surface area contributed by atoms with Crippen LogP contribution >= 0.6 is 0 Å². The van der Waals surface area contributed by atoms with E-state index in [2.05, 4.69) is 10.2 Å². The number of halogens is 4. The highest BCUT2D eigenvalue weighted by molar-refractivity contribution is 5.86. The number of carbonyl (C=O) groups is 2. The van der Waals surface area contributed by atoms with Gasteiger partial charge in [0.2, 0.25) is 0 Å². The minimum Gasteiger partial charge on any atom is -0.482 e. The van der Waals surface area contributed by atoms with Gasteiger partial charge in [0.25, 0.3) is 5.91 Å². The number of likely N-dealkylation sites (tertiary alicyclic amines) is 1. The normalized spacial score (nSPS) is 23.5. The van der Waals surface area contributed by atoms with Gasteiger partial charge in [-0.1, -0.05) is 12.1 Å². The lowest BCUT2D eigenvalue weighted by Crippen LogP contribution is -2.57. The number of nitrogens with zero attached hydrogens (tertiary/aromatic N) is 1. The van der Waals surface area contributed by atoms with Crippen molar-refractivity contribution in [2.75, 3.05) is 32.9 Å². The van der Waals surface area contributed by atoms with Gasteiger partial charge in [-0.15, -0.1) is 0 Å². The third-order valence-electron chi connectivity index (χ3n) is 8.80. The van der Waals surface area contributed by atoms with E-state index in [4.69, 9.17) is 14.2 Å². The summed E-state index contributed by atoms with van der Waals surface area (Å²) < 4.78 is 70.4. The molecule has 11 heteroatoms. The van der Waals surface area contributed by atoms with Gasteiger partial charge in [0.05, 0.1) is 18.8 Å². The summed E-state index contributed by atoms with van der Waals surface area (Å²) in [6.45, 7) is 3.29. The number of ether oxygens (including phenoxy) is 3. The van der Waals surface area contributed by atoms with Crippen LogP contribution in [0.2, 0.25) is 0 Å². The van der Waals surface area contributed by atoms with E-state index in [1.165, 1.54) is 18.2 Å². The first kappa shape index (κ1) is 31.3. The van der Waals surface area contributed by atoms with Gasteiger partial charge in [0.15, 0.2) is 6.61 Å². The lowest BCUT2D eigenvalue weighted by Gasteiger charge is -2.45. The molecule has 0 unspecified atom stereocenters. The molecule has 5 rings (SSSR count). The monoisotopic (exact) mass is 606 g/mol. The lowest BCUT2D eigenvalue weighted by atomic mass is 9.84. The van der Waals surface area contributed by atoms with E-state index in [0.717, 1.165) is 62.9 Å². The first-order valence-corrected chi connectivity index (χ1v) is 15.0. The third-order valence-corrected chi connectivity index (χ3v) is 8.80. The Balaban J connectivity index is 1.18. The van der Waals surface area contributed by atoms with Crippen molar-refractivity contribution in [3.8, 4) is 5.75 Å². The van der Waals surface area contributed by atoms with Gasteiger partial charge in [0, 0.05) is 12.6 Å². The molecular weight excluding hydrogens is 568 g/mol. The molecule has 1 aliphatic carbocycles. The molecule has 3 aliphatic rings. The summed E-state index contributed by atoms with van der Waals surface area (Å²) in [6, 6.07) is 10.1. The van der Waals surface area contributed by atoms with E-state index in [1.54, 1.807) is 6.92 Å². The van der Waals surface area contributed by atoms with Crippen LogP contribution in [0.4, 0.5) is 17.6 Å². The van der Waals surface area contributed by atoms with E-state index in [9.17, 15) is 27.2 Å². The molecule has 2 aliphatic heterocycles. The number of hydrogen-bond donors (Lipinski definition) is 1. The van der Waals surface area contributed by atoms with Crippen molar-refractivity contribution in [1.29, 1.82) is 0 Å². The summed E-state index contributed by atoms with van der Waals surface area (Å²) in [6.07, 6.45) is 0.389. The SMILES string of the molecule is CCOC(=O)COc1cc(CNC(=O)[C@@]2(C3CC3)CC[C@@H](N3CCC(c4ccc(F)cc4)CC3)CO2)cc(C(F)(F)F)c1. The molecule has 1 saturated carbocycles. The zero-order valence-corrected chi connectivity index (χ0v) is 24.3. The second-order valence-corrected chi connectivity index (χ2v) is 11.7. The van der Waals surface area contributed by atoms with Crippen LogP contribution in [0.25, 0.3) is 0 Å². The topological polar surface area (TPSA) is 77.1 Å². The number of nitrogens with one attached hydrogen (secondary N) is 1. The van der Waals surface area contributed by atoms with E-state index in [0.29, 0.717) is 18.9 Å². The maximum absolute atomic E-state index is 13.6. The van der Waals surface area contributed by atoms with Gasteiger partial charge in [-0.25, -0.2) is 9.18 Å². The fourth-order valence-corrected chi connectivity index (χ4v) is 6.33. The number of amides is 1. The molecule has 2 aromatic rings. The van der Waals surface area contributed by atoms with Crippen molar-refractivity contribution in [2.45, 2.75) is 75.7 Å². The standard InChI is InChI=1S/C32H38F4N2O5/c1-2-41-29(39)20-42-28-16-21(15-25(17-28)32(34,35)36)18-37-30(40)31(24-5-6-24)12-9-27(19-43-31)38-13-10-23(11-14-38)22-3-7-26(33)8-4-22/h3-4,7-8,15-17,23-24,27H,2,5-6,9-14,18-20H2,1H3,(H,37,40)/t27-,31+/m1/s1. The van der Waals surface area contributed by atoms with Crippen LogP contribution in [-0.4, -0.2) is 61.3 Å². The molecule has 0 radical (unpaired) electrons. The van der Waals surface area contributed by atoms with Crippen molar-refractivity contribution in [3.05, 3.63) is 65.0 Å². The summed E-state index contributed by atoms with van der Waals surface area (Å²) >= 11 is 0. The predicted molar refractivity (Wildman–Crippen MR) is 150 cm³/mol. The number of esters is 1. The minimum atomic E-state index is -4.63. The van der Waals surface area contributed by atoms with Gasteiger partial charge in [-0.05, 0) is 112 Å². The smallest absolute Gasteiger partial charge is 0.416 e. The molecule has 2 aromatic carbocycles. The van der Waals surface area contributed by atoms with E-state index >= 15 is 0 Å². The lowest BCUT2D eigenvalue weighted by molar-refractivity contribution is -0.165. The zero-order chi connectivity index (χ0) is 30.6. The Morgan fingerprint density at radius 3 is 2.37 bits per heavy atom. The van der Waals surface area contributed by atoms with Crippen LogP contribution in [-0.2, 0) is 31.8 Å². The highest BCUT2D eigenvalue weighted by Gasteiger charge is 2.54. The summed E-state index contributed by atoms with van der Waals surface area (Å²) in [5.41, 5.74) is -0.571. The maximum atomic E-state index is 13.6. The number of benzene rings is 2. The van der Waals surface area contributed by atoms with Crippen molar-refractivity contribution < 1.29 is 41.4 Å². The Morgan fingerprint density at radius 1 is 1.05 bits per heavy atom. The number of alkyl halides is 3. The number of carbonyl (C=O) groups excluding carboxylic acids is 2. The predicted octanol–water partition coefficient (Wildman–Crippen LogP) is 5.61. The number of piperidine rings is 1. The molecular formula is C32H38F4N2O5. The largest absolute Gasteiger partial charge is 0.482 e. The first-order chi connectivity index (χ1) is 20.6. The molecule has 7 nitrogen and oxygen atoms in total. The Hall–Kier alpha value is -3.18. The molecule has 2 heterocycles. The zero-order valence-electron chi connectivity index (χ0n) is 24.3. The van der Waals surface area contributed by atoms with Crippen LogP contribution < -0.4 is 10.1 Å². The summed E-state index contributed by atoms with van der Waals surface area (Å²) in [4.78, 5) is 27.6. The average molecular weight is 607 g/mol. The maximum Gasteiger partial charge on any atom is 0.416 e. The third kappa shape index (κ3) is 7.67. The molecule has 0 aromatic heterocycles. The van der Waals surface area contributed by atoms with E-state index in [1.807, 2.05) is 12.1 Å². The Bertz CT molecular complexity index is 1270. The molecule has 2 atom stereocenters. The van der Waals surface area contributed by atoms with Crippen LogP contribution in [0.15, 0.2) is 42.5 Å². The fraction of sp³-hybridized carbons (Fsp3) is 0.562. The van der Waals surface area contributed by atoms with Crippen molar-refractivity contribution in [1.82, 2.24) is 10.2 Å². The summed E-state index contributed by atoms with van der Waals surface area (Å²) in [5.74, 6) is -0.888. The minimum absolute atomic E-state index is 0.0858. The van der Waals surface area contributed by atoms with Crippen LogP contribution in [0, 0.1) is 11.7 Å². The van der Waals surface area contributed by atoms with Crippen molar-refractivity contribution in [2.24, 2.45) is 5.92 Å². The Kier molecular flexibility index (Phi) is 9.60. The van der Waals surface area contributed by atoms with Crippen LogP contribution in [0.1, 0.15) is 68.1 Å². The van der Waals surface area contributed by atoms with E-state index in [-0.39, 0.29) is 48.1 Å². The molecule has 3 fully saturated rings. The molecule has 1 amide bonds. The average Bonchev–Trinajstić information content (AvgIpc) is 3.85. The first-order valence-electron chi connectivity index (χ1n) is 15.0. The summed E-state index contributed by atoms with van der Waals surface area (Å²) in [7, 11) is 0. The highest BCUT2D eigenvalue weighted by Crippen LogP contribution is 2.47. The van der Waals surface area contributed by atoms with Crippen molar-refractivity contribution >= 4 is 11.9 Å². The van der Waals surface area contributed by atoms with Crippen LogP contribution in [0.3, 0.4) is 0 Å². The molecule has 0 bridgehead atoms. The molecule has 0 spiro atoms. The van der Waals surface area contributed by atoms with Gasteiger partial charge < -0.3 is 19.5 Å². The number of hydrogen-bond acceptors (Lipinski definition) is 6. The van der Waals surface area contributed by atoms with Gasteiger partial charge in [-0.3, -0.25) is 9.69 Å². The molecule has 43 heavy (non-hydrogen) atoms. The number of rotatable bonds is 10. The Labute approximate surface area is 248 Å². The molecule has 234 valence electrons. The van der Waals surface area contributed by atoms with Gasteiger partial charge in [0.1, 0.15) is 17.2 Å². The molecule has 1 N–H and O–H groups in total. The van der Waals surface area contributed by atoms with Gasteiger partial charge in [-0.2, -0.15) is 13.2 Å². The second-order valence-electron chi connectivity index (χ2n) is 11.7.